The van der Waals surface area contributed by atoms with Gasteiger partial charge in [-0.05, 0) is 29.8 Å². The van der Waals surface area contributed by atoms with Crippen LogP contribution in [0.2, 0.25) is 0 Å². The van der Waals surface area contributed by atoms with Gasteiger partial charge in [-0.2, -0.15) is 0 Å². The zero-order valence-corrected chi connectivity index (χ0v) is 15.7. The monoisotopic (exact) mass is 377 g/mol. The van der Waals surface area contributed by atoms with E-state index in [0.717, 1.165) is 55.1 Å². The van der Waals surface area contributed by atoms with Crippen LogP contribution in [0.3, 0.4) is 0 Å². The topological polar surface area (TPSA) is 39.6 Å². The second-order valence-corrected chi connectivity index (χ2v) is 7.14. The number of aromatic nitrogens is 1. The zero-order valence-electron chi connectivity index (χ0n) is 15.7. The SMILES string of the molecule is OC(c1cccnc1)c1ccccc1N1CCN(Cc2ccc(F)cc2)CC1. The number of anilines is 1. The van der Waals surface area contributed by atoms with Crippen molar-refractivity contribution in [2.45, 2.75) is 12.6 Å². The molecule has 1 saturated heterocycles. The average Bonchev–Trinajstić information content (AvgIpc) is 2.76. The van der Waals surface area contributed by atoms with E-state index >= 15 is 0 Å². The van der Waals surface area contributed by atoms with Gasteiger partial charge in [-0.15, -0.1) is 0 Å². The molecular formula is C23H24FN3O. The molecule has 0 bridgehead atoms. The highest BCUT2D eigenvalue weighted by atomic mass is 19.1. The van der Waals surface area contributed by atoms with E-state index in [2.05, 4.69) is 20.9 Å². The Morgan fingerprint density at radius 3 is 2.39 bits per heavy atom. The Morgan fingerprint density at radius 1 is 0.929 bits per heavy atom. The van der Waals surface area contributed by atoms with Crippen LogP contribution in [0.4, 0.5) is 10.1 Å². The van der Waals surface area contributed by atoms with Gasteiger partial charge in [0.25, 0.3) is 0 Å². The number of para-hydroxylation sites is 1. The predicted octanol–water partition coefficient (Wildman–Crippen LogP) is 3.62. The molecule has 2 heterocycles. The predicted molar refractivity (Wildman–Crippen MR) is 109 cm³/mol. The zero-order chi connectivity index (χ0) is 19.3. The van der Waals surface area contributed by atoms with E-state index in [4.69, 9.17) is 0 Å². The first-order valence-electron chi connectivity index (χ1n) is 9.59. The van der Waals surface area contributed by atoms with Gasteiger partial charge in [-0.1, -0.05) is 36.4 Å². The Bertz CT molecular complexity index is 893. The van der Waals surface area contributed by atoms with E-state index in [9.17, 15) is 9.50 Å². The second kappa shape index (κ2) is 8.50. The second-order valence-electron chi connectivity index (χ2n) is 7.14. The summed E-state index contributed by atoms with van der Waals surface area (Å²) in [6, 6.07) is 18.5. The summed E-state index contributed by atoms with van der Waals surface area (Å²) in [4.78, 5) is 8.83. The number of aliphatic hydroxyl groups is 1. The van der Waals surface area contributed by atoms with E-state index in [1.807, 2.05) is 42.5 Å². The van der Waals surface area contributed by atoms with Crippen molar-refractivity contribution in [2.24, 2.45) is 0 Å². The Hall–Kier alpha value is -2.76. The summed E-state index contributed by atoms with van der Waals surface area (Å²) in [5, 5.41) is 10.9. The fourth-order valence-corrected chi connectivity index (χ4v) is 3.72. The lowest BCUT2D eigenvalue weighted by molar-refractivity contribution is 0.218. The molecule has 1 aromatic heterocycles. The van der Waals surface area contributed by atoms with Gasteiger partial charge in [-0.25, -0.2) is 4.39 Å². The number of rotatable bonds is 5. The minimum atomic E-state index is -0.692. The molecule has 144 valence electrons. The van der Waals surface area contributed by atoms with Crippen molar-refractivity contribution in [1.29, 1.82) is 0 Å². The van der Waals surface area contributed by atoms with Crippen molar-refractivity contribution in [1.82, 2.24) is 9.88 Å². The molecule has 0 aliphatic carbocycles. The quantitative estimate of drug-likeness (QED) is 0.737. The number of hydrogen-bond acceptors (Lipinski definition) is 4. The third-order valence-corrected chi connectivity index (χ3v) is 5.26. The first kappa shape index (κ1) is 18.6. The van der Waals surface area contributed by atoms with Gasteiger partial charge in [0.15, 0.2) is 0 Å². The number of aliphatic hydroxyl groups excluding tert-OH is 1. The van der Waals surface area contributed by atoms with Crippen molar-refractivity contribution >= 4 is 5.69 Å². The molecule has 2 aromatic carbocycles. The number of benzene rings is 2. The summed E-state index contributed by atoms with van der Waals surface area (Å²) < 4.78 is 13.1. The van der Waals surface area contributed by atoms with Gasteiger partial charge in [0, 0.05) is 61.9 Å². The van der Waals surface area contributed by atoms with Crippen molar-refractivity contribution in [2.75, 3.05) is 31.1 Å². The molecule has 5 heteroatoms. The smallest absolute Gasteiger partial charge is 0.123 e. The fourth-order valence-electron chi connectivity index (χ4n) is 3.72. The highest BCUT2D eigenvalue weighted by molar-refractivity contribution is 5.56. The van der Waals surface area contributed by atoms with Crippen LogP contribution in [0.1, 0.15) is 22.8 Å². The Kier molecular flexibility index (Phi) is 5.65. The Morgan fingerprint density at radius 2 is 1.68 bits per heavy atom. The lowest BCUT2D eigenvalue weighted by Gasteiger charge is -2.37. The molecule has 1 aliphatic heterocycles. The number of hydrogen-bond donors (Lipinski definition) is 1. The van der Waals surface area contributed by atoms with Crippen LogP contribution in [0, 0.1) is 5.82 Å². The summed E-state index contributed by atoms with van der Waals surface area (Å²) in [5.74, 6) is -0.197. The lowest BCUT2D eigenvalue weighted by Crippen LogP contribution is -2.46. The fraction of sp³-hybridized carbons (Fsp3) is 0.261. The van der Waals surface area contributed by atoms with Gasteiger partial charge in [0.1, 0.15) is 11.9 Å². The number of halogens is 1. The standard InChI is InChI=1S/C23H24FN3O/c24-20-9-7-18(8-10-20)17-26-12-14-27(15-13-26)22-6-2-1-5-21(22)23(28)19-4-3-11-25-16-19/h1-11,16,23,28H,12-15,17H2. The molecule has 4 rings (SSSR count). The van der Waals surface area contributed by atoms with Crippen molar-refractivity contribution in [3.05, 3.63) is 95.6 Å². The molecule has 1 fully saturated rings. The summed E-state index contributed by atoms with van der Waals surface area (Å²) in [5.41, 5.74) is 3.90. The molecule has 0 radical (unpaired) electrons. The third kappa shape index (κ3) is 4.21. The van der Waals surface area contributed by atoms with Crippen LogP contribution < -0.4 is 4.90 Å². The molecular weight excluding hydrogens is 353 g/mol. The summed E-state index contributed by atoms with van der Waals surface area (Å²) in [6.45, 7) is 4.45. The molecule has 28 heavy (non-hydrogen) atoms. The van der Waals surface area contributed by atoms with Crippen LogP contribution in [0.5, 0.6) is 0 Å². The van der Waals surface area contributed by atoms with Crippen molar-refractivity contribution in [3.8, 4) is 0 Å². The van der Waals surface area contributed by atoms with E-state index in [1.165, 1.54) is 12.1 Å². The minimum absolute atomic E-state index is 0.197. The summed E-state index contributed by atoms with van der Waals surface area (Å²) >= 11 is 0. The van der Waals surface area contributed by atoms with E-state index in [1.54, 1.807) is 12.4 Å². The number of nitrogens with zero attached hydrogens (tertiary/aromatic N) is 3. The number of pyridine rings is 1. The van der Waals surface area contributed by atoms with Gasteiger partial charge in [0.05, 0.1) is 0 Å². The highest BCUT2D eigenvalue weighted by Crippen LogP contribution is 2.31. The van der Waals surface area contributed by atoms with E-state index < -0.39 is 6.10 Å². The Labute approximate surface area is 164 Å². The molecule has 4 nitrogen and oxygen atoms in total. The molecule has 0 spiro atoms. The molecule has 1 unspecified atom stereocenters. The van der Waals surface area contributed by atoms with Crippen LogP contribution in [0.25, 0.3) is 0 Å². The molecule has 0 amide bonds. The maximum atomic E-state index is 13.1. The van der Waals surface area contributed by atoms with Gasteiger partial charge < -0.3 is 10.0 Å². The average molecular weight is 377 g/mol. The highest BCUT2D eigenvalue weighted by Gasteiger charge is 2.22. The lowest BCUT2D eigenvalue weighted by atomic mass is 10.00. The molecule has 1 N–H and O–H groups in total. The van der Waals surface area contributed by atoms with Crippen molar-refractivity contribution in [3.63, 3.8) is 0 Å². The van der Waals surface area contributed by atoms with Crippen LogP contribution in [-0.2, 0) is 6.54 Å². The third-order valence-electron chi connectivity index (χ3n) is 5.26. The van der Waals surface area contributed by atoms with Gasteiger partial charge >= 0.3 is 0 Å². The maximum Gasteiger partial charge on any atom is 0.123 e. The first-order valence-corrected chi connectivity index (χ1v) is 9.59. The molecule has 1 atom stereocenters. The normalized spacial score (nSPS) is 16.1. The van der Waals surface area contributed by atoms with Crippen LogP contribution in [-0.4, -0.2) is 41.2 Å². The minimum Gasteiger partial charge on any atom is -0.384 e. The molecule has 0 saturated carbocycles. The van der Waals surface area contributed by atoms with E-state index in [-0.39, 0.29) is 5.82 Å². The Balaban J connectivity index is 1.44. The largest absolute Gasteiger partial charge is 0.384 e. The first-order chi connectivity index (χ1) is 13.7. The van der Waals surface area contributed by atoms with Crippen molar-refractivity contribution < 1.29 is 9.50 Å². The summed E-state index contributed by atoms with van der Waals surface area (Å²) in [6.07, 6.45) is 2.73. The number of piperazine rings is 1. The summed E-state index contributed by atoms with van der Waals surface area (Å²) in [7, 11) is 0. The van der Waals surface area contributed by atoms with Gasteiger partial charge in [-0.3, -0.25) is 9.88 Å². The van der Waals surface area contributed by atoms with Crippen LogP contribution in [0.15, 0.2) is 73.1 Å². The molecule has 3 aromatic rings. The van der Waals surface area contributed by atoms with Gasteiger partial charge in [0.2, 0.25) is 0 Å². The maximum absolute atomic E-state index is 13.1. The van der Waals surface area contributed by atoms with E-state index in [0.29, 0.717) is 0 Å². The molecule has 1 aliphatic rings. The van der Waals surface area contributed by atoms with Crippen LogP contribution >= 0.6 is 0 Å².